The summed E-state index contributed by atoms with van der Waals surface area (Å²) in [5.41, 5.74) is 0.715. The molecule has 3 nitrogen and oxygen atoms in total. The number of rotatable bonds is 4. The van der Waals surface area contributed by atoms with Gasteiger partial charge in [-0.05, 0) is 43.4 Å². The van der Waals surface area contributed by atoms with Crippen LogP contribution in [-0.4, -0.2) is 19.6 Å². The fourth-order valence-electron chi connectivity index (χ4n) is 2.20. The quantitative estimate of drug-likeness (QED) is 0.668. The van der Waals surface area contributed by atoms with Gasteiger partial charge in [0.1, 0.15) is 5.82 Å². The molecule has 1 atom stereocenters. The summed E-state index contributed by atoms with van der Waals surface area (Å²) < 4.78 is 18.3. The highest BCUT2D eigenvalue weighted by Crippen LogP contribution is 2.21. The number of ether oxygens (including phenoxy) is 1. The highest BCUT2D eigenvalue weighted by atomic mass is 19.1. The van der Waals surface area contributed by atoms with Crippen LogP contribution in [0.2, 0.25) is 0 Å². The first-order chi connectivity index (χ1) is 9.20. The van der Waals surface area contributed by atoms with Crippen LogP contribution in [0.1, 0.15) is 29.6 Å². The summed E-state index contributed by atoms with van der Waals surface area (Å²) in [6, 6.07) is 4.21. The minimum absolute atomic E-state index is 0.348. The molecule has 19 heavy (non-hydrogen) atoms. The van der Waals surface area contributed by atoms with Crippen LogP contribution in [0.25, 0.3) is 0 Å². The molecular weight excluding hydrogens is 245 g/mol. The number of esters is 1. The average Bonchev–Trinajstić information content (AvgIpc) is 2.46. The van der Waals surface area contributed by atoms with E-state index in [9.17, 15) is 9.18 Å². The predicted octanol–water partition coefficient (Wildman–Crippen LogP) is 3.38. The van der Waals surface area contributed by atoms with Crippen molar-refractivity contribution in [3.8, 4) is 0 Å². The summed E-state index contributed by atoms with van der Waals surface area (Å²) in [5, 5.41) is 3.09. The zero-order valence-corrected chi connectivity index (χ0v) is 11.0. The van der Waals surface area contributed by atoms with Gasteiger partial charge in [-0.25, -0.2) is 9.18 Å². The number of benzene rings is 1. The number of anilines is 1. The molecule has 1 aromatic rings. The molecule has 0 saturated carbocycles. The maximum absolute atomic E-state index is 13.7. The van der Waals surface area contributed by atoms with Crippen LogP contribution in [0.15, 0.2) is 30.4 Å². The van der Waals surface area contributed by atoms with Crippen LogP contribution < -0.4 is 5.32 Å². The summed E-state index contributed by atoms with van der Waals surface area (Å²) >= 11 is 0. The number of carbonyl (C=O) groups is 1. The van der Waals surface area contributed by atoms with E-state index in [1.165, 1.54) is 25.3 Å². The van der Waals surface area contributed by atoms with Gasteiger partial charge in [0.2, 0.25) is 0 Å². The number of carbonyl (C=O) groups excluding carboxylic acids is 1. The van der Waals surface area contributed by atoms with E-state index < -0.39 is 5.97 Å². The summed E-state index contributed by atoms with van der Waals surface area (Å²) in [7, 11) is 1.31. The second-order valence-corrected chi connectivity index (χ2v) is 4.72. The van der Waals surface area contributed by atoms with Gasteiger partial charge in [0.25, 0.3) is 0 Å². The van der Waals surface area contributed by atoms with Gasteiger partial charge in [0.05, 0.1) is 18.4 Å². The summed E-state index contributed by atoms with van der Waals surface area (Å²) in [6.45, 7) is 0.714. The number of halogens is 1. The van der Waals surface area contributed by atoms with E-state index in [1.54, 1.807) is 0 Å². The van der Waals surface area contributed by atoms with Crippen LogP contribution in [0, 0.1) is 11.7 Å². The van der Waals surface area contributed by atoms with E-state index >= 15 is 0 Å². The number of methoxy groups -OCH3 is 1. The SMILES string of the molecule is COC(=O)c1ccc(F)c(NCC2CC=CCC2)c1. The number of hydrogen-bond donors (Lipinski definition) is 1. The Labute approximate surface area is 112 Å². The van der Waals surface area contributed by atoms with Crippen molar-refractivity contribution in [2.45, 2.75) is 19.3 Å². The Morgan fingerprint density at radius 2 is 2.32 bits per heavy atom. The molecule has 0 bridgehead atoms. The predicted molar refractivity (Wildman–Crippen MR) is 72.7 cm³/mol. The third-order valence-corrected chi connectivity index (χ3v) is 3.35. The fraction of sp³-hybridized carbons (Fsp3) is 0.400. The Hall–Kier alpha value is -1.84. The molecule has 0 saturated heterocycles. The zero-order valence-electron chi connectivity index (χ0n) is 11.0. The Kier molecular flexibility index (Phi) is 4.55. The lowest BCUT2D eigenvalue weighted by molar-refractivity contribution is 0.0600. The lowest BCUT2D eigenvalue weighted by atomic mass is 9.94. The fourth-order valence-corrected chi connectivity index (χ4v) is 2.20. The Morgan fingerprint density at radius 3 is 3.00 bits per heavy atom. The van der Waals surface area contributed by atoms with Crippen molar-refractivity contribution in [2.75, 3.05) is 19.0 Å². The summed E-state index contributed by atoms with van der Waals surface area (Å²) in [4.78, 5) is 11.4. The first kappa shape index (κ1) is 13.6. The molecule has 1 aliphatic rings. The molecule has 0 aliphatic heterocycles. The molecule has 0 amide bonds. The van der Waals surface area contributed by atoms with Gasteiger partial charge in [-0.15, -0.1) is 0 Å². The van der Waals surface area contributed by atoms with Crippen molar-refractivity contribution in [2.24, 2.45) is 5.92 Å². The Bertz CT molecular complexity index is 485. The van der Waals surface area contributed by atoms with Crippen molar-refractivity contribution in [3.63, 3.8) is 0 Å². The van der Waals surface area contributed by atoms with Gasteiger partial charge in [0, 0.05) is 6.54 Å². The highest BCUT2D eigenvalue weighted by Gasteiger charge is 2.13. The molecule has 1 aliphatic carbocycles. The van der Waals surface area contributed by atoms with E-state index in [-0.39, 0.29) is 5.82 Å². The zero-order chi connectivity index (χ0) is 13.7. The third kappa shape index (κ3) is 3.56. The van der Waals surface area contributed by atoms with Crippen molar-refractivity contribution in [3.05, 3.63) is 41.7 Å². The summed E-state index contributed by atoms with van der Waals surface area (Å²) in [5.74, 6) is -0.283. The number of hydrogen-bond acceptors (Lipinski definition) is 3. The first-order valence-electron chi connectivity index (χ1n) is 6.47. The van der Waals surface area contributed by atoms with Gasteiger partial charge in [-0.3, -0.25) is 0 Å². The topological polar surface area (TPSA) is 38.3 Å². The second kappa shape index (κ2) is 6.36. The van der Waals surface area contributed by atoms with Crippen molar-refractivity contribution in [1.29, 1.82) is 0 Å². The average molecular weight is 263 g/mol. The molecule has 0 radical (unpaired) electrons. The smallest absolute Gasteiger partial charge is 0.337 e. The molecule has 0 heterocycles. The van der Waals surface area contributed by atoms with E-state index in [2.05, 4.69) is 22.2 Å². The molecule has 102 valence electrons. The Morgan fingerprint density at radius 1 is 1.47 bits per heavy atom. The monoisotopic (exact) mass is 263 g/mol. The van der Waals surface area contributed by atoms with Gasteiger partial charge < -0.3 is 10.1 Å². The third-order valence-electron chi connectivity index (χ3n) is 3.35. The normalized spacial score (nSPS) is 18.1. The van der Waals surface area contributed by atoms with Crippen LogP contribution in [0.5, 0.6) is 0 Å². The van der Waals surface area contributed by atoms with E-state index in [4.69, 9.17) is 0 Å². The maximum Gasteiger partial charge on any atom is 0.337 e. The van der Waals surface area contributed by atoms with Crippen LogP contribution >= 0.6 is 0 Å². The van der Waals surface area contributed by atoms with E-state index in [0.29, 0.717) is 23.7 Å². The van der Waals surface area contributed by atoms with Gasteiger partial charge >= 0.3 is 5.97 Å². The maximum atomic E-state index is 13.7. The second-order valence-electron chi connectivity index (χ2n) is 4.72. The minimum atomic E-state index is -0.455. The summed E-state index contributed by atoms with van der Waals surface area (Å²) in [6.07, 6.45) is 7.55. The van der Waals surface area contributed by atoms with Gasteiger partial charge in [0.15, 0.2) is 0 Å². The largest absolute Gasteiger partial charge is 0.465 e. The van der Waals surface area contributed by atoms with Crippen LogP contribution in [0.3, 0.4) is 0 Å². The van der Waals surface area contributed by atoms with Gasteiger partial charge in [-0.2, -0.15) is 0 Å². The standard InChI is InChI=1S/C15H18FNO2/c1-19-15(18)12-7-8-13(16)14(9-12)17-10-11-5-3-2-4-6-11/h2-3,7-9,11,17H,4-6,10H2,1H3. The van der Waals surface area contributed by atoms with Crippen molar-refractivity contribution in [1.82, 2.24) is 0 Å². The lowest BCUT2D eigenvalue weighted by Gasteiger charge is -2.19. The highest BCUT2D eigenvalue weighted by molar-refractivity contribution is 5.90. The molecule has 1 aromatic carbocycles. The Balaban J connectivity index is 2.02. The molecule has 2 rings (SSSR count). The van der Waals surface area contributed by atoms with Crippen molar-refractivity contribution < 1.29 is 13.9 Å². The van der Waals surface area contributed by atoms with E-state index in [0.717, 1.165) is 19.3 Å². The molecule has 0 aromatic heterocycles. The molecular formula is C15H18FNO2. The lowest BCUT2D eigenvalue weighted by Crippen LogP contribution is -2.16. The van der Waals surface area contributed by atoms with Gasteiger partial charge in [-0.1, -0.05) is 12.2 Å². The molecule has 0 fully saturated rings. The molecule has 1 unspecified atom stereocenters. The van der Waals surface area contributed by atoms with Crippen LogP contribution in [0.4, 0.5) is 10.1 Å². The molecule has 4 heteroatoms. The van der Waals surface area contributed by atoms with Crippen LogP contribution in [-0.2, 0) is 4.74 Å². The number of nitrogens with one attached hydrogen (secondary N) is 1. The number of allylic oxidation sites excluding steroid dienone is 2. The molecule has 1 N–H and O–H groups in total. The van der Waals surface area contributed by atoms with Crippen molar-refractivity contribution >= 4 is 11.7 Å². The minimum Gasteiger partial charge on any atom is -0.465 e. The first-order valence-corrected chi connectivity index (χ1v) is 6.47. The van der Waals surface area contributed by atoms with E-state index in [1.807, 2.05) is 0 Å². The molecule has 0 spiro atoms.